The monoisotopic (exact) mass is 277 g/mol. The van der Waals surface area contributed by atoms with E-state index in [0.717, 1.165) is 17.8 Å². The number of pyridine rings is 1. The summed E-state index contributed by atoms with van der Waals surface area (Å²) in [7, 11) is 0. The predicted octanol–water partition coefficient (Wildman–Crippen LogP) is 2.27. The van der Waals surface area contributed by atoms with Crippen LogP contribution in [0.3, 0.4) is 0 Å². The third kappa shape index (κ3) is 3.70. The molecule has 0 radical (unpaired) electrons. The molecule has 1 N–H and O–H groups in total. The summed E-state index contributed by atoms with van der Waals surface area (Å²) in [4.78, 5) is 18.5. The van der Waals surface area contributed by atoms with Gasteiger partial charge in [0, 0.05) is 25.8 Å². The molecule has 20 heavy (non-hydrogen) atoms. The van der Waals surface area contributed by atoms with Crippen LogP contribution in [0, 0.1) is 6.92 Å². The summed E-state index contributed by atoms with van der Waals surface area (Å²) in [5.41, 5.74) is 1.53. The number of hydrogen-bond donors (Lipinski definition) is 1. The predicted molar refractivity (Wildman–Crippen MR) is 77.5 cm³/mol. The van der Waals surface area contributed by atoms with Crippen molar-refractivity contribution >= 4 is 6.09 Å². The smallest absolute Gasteiger partial charge is 0.410 e. The molecule has 0 aliphatic carbocycles. The van der Waals surface area contributed by atoms with Crippen LogP contribution in [-0.4, -0.2) is 41.2 Å². The third-order valence-electron chi connectivity index (χ3n) is 3.15. The molecule has 5 heteroatoms. The number of aromatic nitrogens is 1. The van der Waals surface area contributed by atoms with Gasteiger partial charge in [0.1, 0.15) is 5.60 Å². The maximum Gasteiger partial charge on any atom is 0.410 e. The van der Waals surface area contributed by atoms with Gasteiger partial charge in [0.25, 0.3) is 0 Å². The Morgan fingerprint density at radius 3 is 2.80 bits per heavy atom. The van der Waals surface area contributed by atoms with E-state index in [2.05, 4.69) is 10.3 Å². The maximum absolute atomic E-state index is 12.3. The van der Waals surface area contributed by atoms with Gasteiger partial charge in [-0.15, -0.1) is 0 Å². The molecule has 110 valence electrons. The first-order chi connectivity index (χ1) is 9.37. The molecule has 1 aromatic heterocycles. The Morgan fingerprint density at radius 1 is 1.45 bits per heavy atom. The number of amides is 1. The first-order valence-electron chi connectivity index (χ1n) is 7.00. The minimum Gasteiger partial charge on any atom is -0.444 e. The van der Waals surface area contributed by atoms with Crippen LogP contribution < -0.4 is 5.32 Å². The standard InChI is InChI=1S/C15H23N3O2/c1-11-5-6-12(17-9-11)13-10-16-7-8-18(13)14(19)20-15(2,3)4/h5-6,9,13,16H,7-8,10H2,1-4H3. The van der Waals surface area contributed by atoms with Crippen LogP contribution in [0.1, 0.15) is 38.1 Å². The Bertz CT molecular complexity index is 465. The van der Waals surface area contributed by atoms with Gasteiger partial charge >= 0.3 is 6.09 Å². The number of ether oxygens (including phenoxy) is 1. The second-order valence-electron chi connectivity index (χ2n) is 6.15. The fourth-order valence-electron chi connectivity index (χ4n) is 2.18. The number of nitrogens with one attached hydrogen (secondary N) is 1. The van der Waals surface area contributed by atoms with Gasteiger partial charge in [0.15, 0.2) is 0 Å². The molecule has 1 aliphatic rings. The number of hydrogen-bond acceptors (Lipinski definition) is 4. The lowest BCUT2D eigenvalue weighted by atomic mass is 10.1. The van der Waals surface area contributed by atoms with Crippen LogP contribution in [0.5, 0.6) is 0 Å². The van der Waals surface area contributed by atoms with E-state index in [1.165, 1.54) is 0 Å². The lowest BCUT2D eigenvalue weighted by Crippen LogP contribution is -2.50. The van der Waals surface area contributed by atoms with Crippen LogP contribution >= 0.6 is 0 Å². The molecule has 1 atom stereocenters. The van der Waals surface area contributed by atoms with Gasteiger partial charge in [-0.1, -0.05) is 6.07 Å². The van der Waals surface area contributed by atoms with Crippen molar-refractivity contribution in [3.05, 3.63) is 29.6 Å². The Balaban J connectivity index is 2.16. The van der Waals surface area contributed by atoms with Crippen LogP contribution in [0.25, 0.3) is 0 Å². The van der Waals surface area contributed by atoms with Crippen molar-refractivity contribution in [1.82, 2.24) is 15.2 Å². The quantitative estimate of drug-likeness (QED) is 0.855. The molecule has 0 spiro atoms. The van der Waals surface area contributed by atoms with E-state index >= 15 is 0 Å². The molecule has 1 aromatic rings. The average Bonchev–Trinajstić information content (AvgIpc) is 2.38. The highest BCUT2D eigenvalue weighted by Crippen LogP contribution is 2.23. The summed E-state index contributed by atoms with van der Waals surface area (Å²) in [5.74, 6) is 0. The number of nitrogens with zero attached hydrogens (tertiary/aromatic N) is 2. The van der Waals surface area contributed by atoms with Crippen LogP contribution in [0.4, 0.5) is 4.79 Å². The fraction of sp³-hybridized carbons (Fsp3) is 0.600. The van der Waals surface area contributed by atoms with E-state index < -0.39 is 5.60 Å². The minimum absolute atomic E-state index is 0.0702. The van der Waals surface area contributed by atoms with Crippen molar-refractivity contribution < 1.29 is 9.53 Å². The molecule has 1 amide bonds. The summed E-state index contributed by atoms with van der Waals surface area (Å²) in [6.45, 7) is 9.76. The molecular formula is C15H23N3O2. The van der Waals surface area contributed by atoms with Crippen molar-refractivity contribution in [2.75, 3.05) is 19.6 Å². The third-order valence-corrected chi connectivity index (χ3v) is 3.15. The van der Waals surface area contributed by atoms with Gasteiger partial charge in [0.05, 0.1) is 11.7 Å². The first kappa shape index (κ1) is 14.8. The average molecular weight is 277 g/mol. The molecule has 1 fully saturated rings. The topological polar surface area (TPSA) is 54.5 Å². The Labute approximate surface area is 120 Å². The zero-order valence-corrected chi connectivity index (χ0v) is 12.6. The molecule has 1 saturated heterocycles. The highest BCUT2D eigenvalue weighted by molar-refractivity contribution is 5.69. The molecule has 0 aromatic carbocycles. The van der Waals surface area contributed by atoms with E-state index in [9.17, 15) is 4.79 Å². The second kappa shape index (κ2) is 5.79. The van der Waals surface area contributed by atoms with E-state index in [4.69, 9.17) is 4.74 Å². The van der Waals surface area contributed by atoms with Gasteiger partial charge < -0.3 is 10.1 Å². The SMILES string of the molecule is Cc1ccc(C2CNCCN2C(=O)OC(C)(C)C)nc1. The Hall–Kier alpha value is -1.62. The zero-order valence-electron chi connectivity index (χ0n) is 12.6. The van der Waals surface area contributed by atoms with Gasteiger partial charge in [0.2, 0.25) is 0 Å². The summed E-state index contributed by atoms with van der Waals surface area (Å²) in [5, 5.41) is 3.31. The number of piperazine rings is 1. The molecule has 0 saturated carbocycles. The molecule has 2 rings (SSSR count). The molecule has 1 unspecified atom stereocenters. The number of aryl methyl sites for hydroxylation is 1. The van der Waals surface area contributed by atoms with E-state index in [-0.39, 0.29) is 12.1 Å². The van der Waals surface area contributed by atoms with Crippen molar-refractivity contribution in [3.63, 3.8) is 0 Å². The van der Waals surface area contributed by atoms with Gasteiger partial charge in [-0.3, -0.25) is 9.88 Å². The van der Waals surface area contributed by atoms with Gasteiger partial charge in [-0.2, -0.15) is 0 Å². The first-order valence-corrected chi connectivity index (χ1v) is 7.00. The van der Waals surface area contributed by atoms with Crippen molar-refractivity contribution in [2.45, 2.75) is 39.3 Å². The molecular weight excluding hydrogens is 254 g/mol. The van der Waals surface area contributed by atoms with E-state index in [0.29, 0.717) is 13.1 Å². The van der Waals surface area contributed by atoms with Gasteiger partial charge in [-0.25, -0.2) is 4.79 Å². The molecule has 5 nitrogen and oxygen atoms in total. The lowest BCUT2D eigenvalue weighted by Gasteiger charge is -2.36. The fourth-order valence-corrected chi connectivity index (χ4v) is 2.18. The summed E-state index contributed by atoms with van der Waals surface area (Å²) in [6.07, 6.45) is 1.56. The number of carbonyl (C=O) groups excluding carboxylic acids is 1. The lowest BCUT2D eigenvalue weighted by molar-refractivity contribution is 0.0113. The highest BCUT2D eigenvalue weighted by Gasteiger charge is 2.31. The minimum atomic E-state index is -0.479. The van der Waals surface area contributed by atoms with Gasteiger partial charge in [-0.05, 0) is 39.3 Å². The second-order valence-corrected chi connectivity index (χ2v) is 6.15. The van der Waals surface area contributed by atoms with Crippen LogP contribution in [0.2, 0.25) is 0 Å². The zero-order chi connectivity index (χ0) is 14.8. The number of rotatable bonds is 1. The molecule has 0 bridgehead atoms. The van der Waals surface area contributed by atoms with E-state index in [1.807, 2.05) is 46.0 Å². The maximum atomic E-state index is 12.3. The highest BCUT2D eigenvalue weighted by atomic mass is 16.6. The largest absolute Gasteiger partial charge is 0.444 e. The number of carbonyl (C=O) groups is 1. The summed E-state index contributed by atoms with van der Waals surface area (Å²) >= 11 is 0. The van der Waals surface area contributed by atoms with Crippen molar-refractivity contribution in [3.8, 4) is 0 Å². The van der Waals surface area contributed by atoms with Crippen LogP contribution in [0.15, 0.2) is 18.3 Å². The summed E-state index contributed by atoms with van der Waals surface area (Å²) in [6, 6.07) is 3.92. The van der Waals surface area contributed by atoms with Crippen molar-refractivity contribution in [1.29, 1.82) is 0 Å². The summed E-state index contributed by atoms with van der Waals surface area (Å²) < 4.78 is 5.48. The normalized spacial score (nSPS) is 19.8. The molecule has 1 aliphatic heterocycles. The van der Waals surface area contributed by atoms with E-state index in [1.54, 1.807) is 4.90 Å². The van der Waals surface area contributed by atoms with Crippen molar-refractivity contribution in [2.24, 2.45) is 0 Å². The van der Waals surface area contributed by atoms with Crippen LogP contribution in [-0.2, 0) is 4.74 Å². The Kier molecular flexibility index (Phi) is 4.28. The molecule has 2 heterocycles. The Morgan fingerprint density at radius 2 is 2.20 bits per heavy atom.